The molecule has 1 rings (SSSR count). The summed E-state index contributed by atoms with van der Waals surface area (Å²) in [5.74, 6) is 0.570. The van der Waals surface area contributed by atoms with E-state index in [1.807, 2.05) is 19.9 Å². The molecular weight excluding hydrogens is 230 g/mol. The summed E-state index contributed by atoms with van der Waals surface area (Å²) in [6.45, 7) is 4.06. The lowest BCUT2D eigenvalue weighted by Gasteiger charge is -2.18. The predicted molar refractivity (Wildman–Crippen MR) is 57.6 cm³/mol. The Kier molecular flexibility index (Phi) is 3.33. The van der Waals surface area contributed by atoms with Crippen LogP contribution in [0, 0.1) is 5.92 Å². The van der Waals surface area contributed by atoms with E-state index < -0.39 is 0 Å². The molecule has 0 saturated heterocycles. The first-order chi connectivity index (χ1) is 6.04. The summed E-state index contributed by atoms with van der Waals surface area (Å²) in [6.07, 6.45) is 0. The maximum atomic E-state index is 9.60. The van der Waals surface area contributed by atoms with Crippen molar-refractivity contribution < 1.29 is 5.11 Å². The number of aromatic hydroxyl groups is 1. The average Bonchev–Trinajstić information content (AvgIpc) is 2.03. The van der Waals surface area contributed by atoms with Gasteiger partial charge in [0.05, 0.1) is 0 Å². The molecule has 0 aliphatic carbocycles. The van der Waals surface area contributed by atoms with E-state index in [0.29, 0.717) is 5.92 Å². The van der Waals surface area contributed by atoms with Crippen LogP contribution in [-0.4, -0.2) is 5.11 Å². The molecule has 1 aromatic carbocycles. The number of phenolic OH excluding ortho intramolecular Hbond substituents is 1. The molecule has 0 spiro atoms. The summed E-state index contributed by atoms with van der Waals surface area (Å²) in [6, 6.07) is 5.20. The van der Waals surface area contributed by atoms with Crippen LogP contribution >= 0.6 is 15.9 Å². The molecule has 0 aliphatic heterocycles. The van der Waals surface area contributed by atoms with Crippen molar-refractivity contribution in [3.05, 3.63) is 28.2 Å². The molecule has 2 nitrogen and oxygen atoms in total. The minimum absolute atomic E-state index is 0.129. The molecule has 3 N–H and O–H groups in total. The topological polar surface area (TPSA) is 46.2 Å². The summed E-state index contributed by atoms with van der Waals surface area (Å²) >= 11 is 3.38. The lowest BCUT2D eigenvalue weighted by Crippen LogP contribution is -2.17. The van der Waals surface area contributed by atoms with Crippen LogP contribution in [0.5, 0.6) is 5.75 Å². The Hall–Kier alpha value is -0.540. The van der Waals surface area contributed by atoms with Crippen LogP contribution < -0.4 is 5.73 Å². The third-order valence-corrected chi connectivity index (χ3v) is 2.77. The molecule has 0 aromatic heterocycles. The predicted octanol–water partition coefficient (Wildman–Crippen LogP) is 2.81. The van der Waals surface area contributed by atoms with Crippen molar-refractivity contribution in [2.45, 2.75) is 19.9 Å². The van der Waals surface area contributed by atoms with E-state index in [1.165, 1.54) is 0 Å². The van der Waals surface area contributed by atoms with Crippen molar-refractivity contribution in [2.24, 2.45) is 11.7 Å². The smallest absolute Gasteiger partial charge is 0.121 e. The highest BCUT2D eigenvalue weighted by molar-refractivity contribution is 9.10. The van der Waals surface area contributed by atoms with Gasteiger partial charge in [0.2, 0.25) is 0 Å². The number of halogens is 1. The van der Waals surface area contributed by atoms with Gasteiger partial charge in [-0.15, -0.1) is 0 Å². The normalized spacial score (nSPS) is 13.3. The molecular formula is C10H14BrNO. The Morgan fingerprint density at radius 3 is 2.46 bits per heavy atom. The maximum Gasteiger partial charge on any atom is 0.121 e. The van der Waals surface area contributed by atoms with Gasteiger partial charge in [-0.1, -0.05) is 35.8 Å². The van der Waals surface area contributed by atoms with Crippen LogP contribution in [0.15, 0.2) is 22.7 Å². The number of benzene rings is 1. The fourth-order valence-electron chi connectivity index (χ4n) is 1.19. The summed E-state index contributed by atoms with van der Waals surface area (Å²) in [5, 5.41) is 9.60. The number of nitrogens with two attached hydrogens (primary N) is 1. The molecule has 0 fully saturated rings. The zero-order chi connectivity index (χ0) is 10.0. The van der Waals surface area contributed by atoms with Crippen LogP contribution in [0.3, 0.4) is 0 Å². The van der Waals surface area contributed by atoms with Crippen molar-refractivity contribution in [2.75, 3.05) is 0 Å². The van der Waals surface area contributed by atoms with Gasteiger partial charge >= 0.3 is 0 Å². The Balaban J connectivity index is 3.12. The van der Waals surface area contributed by atoms with E-state index in [2.05, 4.69) is 15.9 Å². The highest BCUT2D eigenvalue weighted by Crippen LogP contribution is 2.33. The summed E-state index contributed by atoms with van der Waals surface area (Å²) < 4.78 is 0.869. The molecule has 72 valence electrons. The van der Waals surface area contributed by atoms with Crippen molar-refractivity contribution in [1.82, 2.24) is 0 Å². The maximum absolute atomic E-state index is 9.60. The van der Waals surface area contributed by atoms with E-state index in [9.17, 15) is 5.11 Å². The average molecular weight is 244 g/mol. The molecule has 1 aromatic rings. The lowest BCUT2D eigenvalue weighted by molar-refractivity contribution is 0.438. The second-order valence-electron chi connectivity index (χ2n) is 3.44. The van der Waals surface area contributed by atoms with Crippen molar-refractivity contribution in [1.29, 1.82) is 0 Å². The second kappa shape index (κ2) is 4.11. The Morgan fingerprint density at radius 1 is 1.38 bits per heavy atom. The van der Waals surface area contributed by atoms with Crippen molar-refractivity contribution in [3.8, 4) is 5.75 Å². The first kappa shape index (κ1) is 10.5. The summed E-state index contributed by atoms with van der Waals surface area (Å²) in [5.41, 5.74) is 6.74. The van der Waals surface area contributed by atoms with Gasteiger partial charge in [0.25, 0.3) is 0 Å². The minimum Gasteiger partial charge on any atom is -0.508 e. The monoisotopic (exact) mass is 243 g/mol. The number of rotatable bonds is 2. The SMILES string of the molecule is CC(C)[C@H](N)c1c(O)cccc1Br. The van der Waals surface area contributed by atoms with Crippen LogP contribution in [0.2, 0.25) is 0 Å². The van der Waals surface area contributed by atoms with Gasteiger partial charge in [0, 0.05) is 16.1 Å². The van der Waals surface area contributed by atoms with Gasteiger partial charge in [-0.05, 0) is 18.1 Å². The van der Waals surface area contributed by atoms with E-state index in [1.54, 1.807) is 12.1 Å². The standard InChI is InChI=1S/C10H14BrNO/c1-6(2)10(12)9-7(11)4-3-5-8(9)13/h3-6,10,13H,12H2,1-2H3/t10-/m0/s1. The van der Waals surface area contributed by atoms with E-state index in [4.69, 9.17) is 5.73 Å². The van der Waals surface area contributed by atoms with Crippen molar-refractivity contribution >= 4 is 15.9 Å². The van der Waals surface area contributed by atoms with Gasteiger partial charge in [-0.2, -0.15) is 0 Å². The molecule has 0 bridgehead atoms. The second-order valence-corrected chi connectivity index (χ2v) is 4.30. The molecule has 3 heteroatoms. The fourth-order valence-corrected chi connectivity index (χ4v) is 1.81. The van der Waals surface area contributed by atoms with Gasteiger partial charge in [-0.3, -0.25) is 0 Å². The Bertz CT molecular complexity index is 279. The Morgan fingerprint density at radius 2 is 2.00 bits per heavy atom. The number of phenols is 1. The minimum atomic E-state index is -0.129. The van der Waals surface area contributed by atoms with Crippen LogP contribution in [0.25, 0.3) is 0 Å². The van der Waals surface area contributed by atoms with Crippen LogP contribution in [0.1, 0.15) is 25.5 Å². The molecule has 0 unspecified atom stereocenters. The van der Waals surface area contributed by atoms with E-state index in [-0.39, 0.29) is 11.8 Å². The van der Waals surface area contributed by atoms with Crippen molar-refractivity contribution in [3.63, 3.8) is 0 Å². The first-order valence-electron chi connectivity index (χ1n) is 4.27. The van der Waals surface area contributed by atoms with E-state index in [0.717, 1.165) is 10.0 Å². The molecule has 0 heterocycles. The molecule has 13 heavy (non-hydrogen) atoms. The van der Waals surface area contributed by atoms with Gasteiger partial charge in [0.15, 0.2) is 0 Å². The zero-order valence-electron chi connectivity index (χ0n) is 7.79. The summed E-state index contributed by atoms with van der Waals surface area (Å²) in [4.78, 5) is 0. The zero-order valence-corrected chi connectivity index (χ0v) is 9.38. The lowest BCUT2D eigenvalue weighted by atomic mass is 9.96. The molecule has 1 atom stereocenters. The molecule has 0 radical (unpaired) electrons. The van der Waals surface area contributed by atoms with E-state index >= 15 is 0 Å². The third kappa shape index (κ3) is 2.23. The first-order valence-corrected chi connectivity index (χ1v) is 5.06. The largest absolute Gasteiger partial charge is 0.508 e. The van der Waals surface area contributed by atoms with Crippen LogP contribution in [0.4, 0.5) is 0 Å². The number of hydrogen-bond donors (Lipinski definition) is 2. The molecule has 0 aliphatic rings. The van der Waals surface area contributed by atoms with Crippen LogP contribution in [-0.2, 0) is 0 Å². The molecule has 0 saturated carbocycles. The summed E-state index contributed by atoms with van der Waals surface area (Å²) in [7, 11) is 0. The fraction of sp³-hybridized carbons (Fsp3) is 0.400. The van der Waals surface area contributed by atoms with Gasteiger partial charge < -0.3 is 10.8 Å². The highest BCUT2D eigenvalue weighted by Gasteiger charge is 2.16. The molecule has 0 amide bonds. The van der Waals surface area contributed by atoms with Gasteiger partial charge in [0.1, 0.15) is 5.75 Å². The quantitative estimate of drug-likeness (QED) is 0.840. The van der Waals surface area contributed by atoms with Gasteiger partial charge in [-0.25, -0.2) is 0 Å². The third-order valence-electron chi connectivity index (χ3n) is 2.08. The number of hydrogen-bond acceptors (Lipinski definition) is 2. The Labute approximate surface area is 86.9 Å². The highest BCUT2D eigenvalue weighted by atomic mass is 79.9.